The molecule has 7 nitrogen and oxygen atoms in total. The molecule has 0 saturated carbocycles. The van der Waals surface area contributed by atoms with Crippen LogP contribution >= 0.6 is 11.8 Å². The minimum Gasteiger partial charge on any atom is -0.494 e. The lowest BCUT2D eigenvalue weighted by molar-refractivity contribution is -0.135. The van der Waals surface area contributed by atoms with Gasteiger partial charge in [0.25, 0.3) is 5.91 Å². The van der Waals surface area contributed by atoms with Crippen molar-refractivity contribution >= 4 is 40.9 Å². The number of fused-ring (bicyclic) bond motifs is 1. The maximum absolute atomic E-state index is 13.3. The highest BCUT2D eigenvalue weighted by Gasteiger charge is 2.40. The average molecular weight is 454 g/mol. The first kappa shape index (κ1) is 22.2. The van der Waals surface area contributed by atoms with E-state index in [0.29, 0.717) is 31.1 Å². The van der Waals surface area contributed by atoms with Gasteiger partial charge < -0.3 is 19.9 Å². The van der Waals surface area contributed by atoms with Crippen molar-refractivity contribution in [3.63, 3.8) is 0 Å². The van der Waals surface area contributed by atoms with Crippen molar-refractivity contribution in [2.45, 2.75) is 36.3 Å². The number of nitrogens with one attached hydrogen (secondary N) is 1. The van der Waals surface area contributed by atoms with E-state index < -0.39 is 5.25 Å². The molecule has 3 amide bonds. The van der Waals surface area contributed by atoms with Crippen LogP contribution < -0.4 is 15.0 Å². The second-order valence-electron chi connectivity index (χ2n) is 7.78. The lowest BCUT2D eigenvalue weighted by Gasteiger charge is -2.36. The van der Waals surface area contributed by atoms with E-state index in [9.17, 15) is 14.4 Å². The van der Waals surface area contributed by atoms with Gasteiger partial charge in [-0.25, -0.2) is 0 Å². The maximum atomic E-state index is 13.3. The fourth-order valence-electron chi connectivity index (χ4n) is 3.96. The minimum atomic E-state index is -0.860. The topological polar surface area (TPSA) is 79.0 Å². The van der Waals surface area contributed by atoms with Crippen LogP contribution in [-0.2, 0) is 14.4 Å². The van der Waals surface area contributed by atoms with E-state index >= 15 is 0 Å². The monoisotopic (exact) mass is 453 g/mol. The van der Waals surface area contributed by atoms with Gasteiger partial charge in [-0.05, 0) is 62.6 Å². The molecule has 2 heterocycles. The summed E-state index contributed by atoms with van der Waals surface area (Å²) >= 11 is 1.28. The molecule has 2 aromatic rings. The summed E-state index contributed by atoms with van der Waals surface area (Å²) in [5.41, 5.74) is 1.28. The summed E-state index contributed by atoms with van der Waals surface area (Å²) < 4.78 is 5.42. The number of thioether (sulfide) groups is 1. The normalized spacial score (nSPS) is 18.2. The number of amides is 3. The zero-order valence-corrected chi connectivity index (χ0v) is 18.9. The molecule has 168 valence electrons. The molecule has 2 aliphatic heterocycles. The lowest BCUT2D eigenvalue weighted by Crippen LogP contribution is -2.52. The number of likely N-dealkylation sites (tertiary alicyclic amines) is 1. The number of ether oxygens (including phenoxy) is 1. The van der Waals surface area contributed by atoms with Crippen LogP contribution in [0.5, 0.6) is 5.75 Å². The van der Waals surface area contributed by atoms with Gasteiger partial charge >= 0.3 is 0 Å². The van der Waals surface area contributed by atoms with Crippen LogP contribution in [0.4, 0.5) is 11.4 Å². The second-order valence-corrected chi connectivity index (χ2v) is 8.93. The van der Waals surface area contributed by atoms with Crippen LogP contribution in [0.15, 0.2) is 53.4 Å². The zero-order chi connectivity index (χ0) is 22.5. The molecular formula is C24H27N3O4S. The molecule has 0 unspecified atom stereocenters. The van der Waals surface area contributed by atoms with E-state index in [1.54, 1.807) is 29.2 Å². The van der Waals surface area contributed by atoms with E-state index in [1.807, 2.05) is 31.2 Å². The highest BCUT2D eigenvalue weighted by molar-refractivity contribution is 8.01. The minimum absolute atomic E-state index is 0.159. The van der Waals surface area contributed by atoms with Gasteiger partial charge in [-0.3, -0.25) is 14.4 Å². The summed E-state index contributed by atoms with van der Waals surface area (Å²) in [7, 11) is 0. The molecule has 1 N–H and O–H groups in total. The first-order valence-electron chi connectivity index (χ1n) is 11.0. The summed E-state index contributed by atoms with van der Waals surface area (Å²) in [4.78, 5) is 43.3. The van der Waals surface area contributed by atoms with E-state index in [4.69, 9.17) is 4.74 Å². The van der Waals surface area contributed by atoms with E-state index in [2.05, 4.69) is 5.32 Å². The second kappa shape index (κ2) is 10.1. The Morgan fingerprint density at radius 3 is 2.50 bits per heavy atom. The predicted molar refractivity (Wildman–Crippen MR) is 125 cm³/mol. The number of anilines is 2. The predicted octanol–water partition coefficient (Wildman–Crippen LogP) is 3.54. The smallest absolute Gasteiger partial charge is 0.250 e. The van der Waals surface area contributed by atoms with Gasteiger partial charge in [0, 0.05) is 23.7 Å². The molecule has 2 aliphatic rings. The molecule has 1 fully saturated rings. The van der Waals surface area contributed by atoms with E-state index in [-0.39, 0.29) is 24.3 Å². The van der Waals surface area contributed by atoms with Gasteiger partial charge in [0.1, 0.15) is 12.3 Å². The van der Waals surface area contributed by atoms with Crippen LogP contribution in [0.25, 0.3) is 0 Å². The Hall–Kier alpha value is -3.00. The van der Waals surface area contributed by atoms with Crippen molar-refractivity contribution in [1.29, 1.82) is 0 Å². The number of benzene rings is 2. The van der Waals surface area contributed by atoms with Crippen LogP contribution in [0.3, 0.4) is 0 Å². The van der Waals surface area contributed by atoms with Gasteiger partial charge in [0.05, 0.1) is 12.3 Å². The van der Waals surface area contributed by atoms with Gasteiger partial charge in [0.15, 0.2) is 5.25 Å². The summed E-state index contributed by atoms with van der Waals surface area (Å²) in [5.74, 6) is -0.104. The molecule has 0 aromatic heterocycles. The number of para-hydroxylation sites is 1. The largest absolute Gasteiger partial charge is 0.494 e. The van der Waals surface area contributed by atoms with Crippen LogP contribution in [0.2, 0.25) is 0 Å². The molecule has 0 spiro atoms. The van der Waals surface area contributed by atoms with Gasteiger partial charge in [0.2, 0.25) is 11.8 Å². The number of hydrogen-bond donors (Lipinski definition) is 1. The van der Waals surface area contributed by atoms with Crippen molar-refractivity contribution in [2.24, 2.45) is 0 Å². The van der Waals surface area contributed by atoms with Crippen molar-refractivity contribution in [3.05, 3.63) is 48.5 Å². The van der Waals surface area contributed by atoms with Crippen LogP contribution in [-0.4, -0.2) is 54.1 Å². The van der Waals surface area contributed by atoms with Gasteiger partial charge in [-0.1, -0.05) is 12.1 Å². The third-order valence-electron chi connectivity index (χ3n) is 5.53. The summed E-state index contributed by atoms with van der Waals surface area (Å²) in [6, 6.07) is 14.5. The standard InChI is InChI=1S/C24H27N3O4S/c1-2-31-18-12-10-17(11-13-18)25-21(28)16-27-19-8-4-5-9-20(19)32-22(24(27)30)23(29)26-14-6-3-7-15-26/h4-5,8-13,22H,2-3,6-7,14-16H2,1H3,(H,25,28)/t22-/m1/s1. The molecule has 0 aliphatic carbocycles. The Balaban J connectivity index is 1.50. The fourth-order valence-corrected chi connectivity index (χ4v) is 5.15. The SMILES string of the molecule is CCOc1ccc(NC(=O)CN2C(=O)[C@@H](C(=O)N3CCCCC3)Sc3ccccc32)cc1. The zero-order valence-electron chi connectivity index (χ0n) is 18.1. The Morgan fingerprint density at radius 1 is 1.06 bits per heavy atom. The third kappa shape index (κ3) is 4.91. The summed E-state index contributed by atoms with van der Waals surface area (Å²) in [6.07, 6.45) is 3.03. The van der Waals surface area contributed by atoms with E-state index in [0.717, 1.165) is 29.9 Å². The van der Waals surface area contributed by atoms with Crippen LogP contribution in [0, 0.1) is 0 Å². The molecular weight excluding hydrogens is 426 g/mol. The quantitative estimate of drug-likeness (QED) is 0.677. The lowest BCUT2D eigenvalue weighted by atomic mass is 10.1. The van der Waals surface area contributed by atoms with E-state index in [1.165, 1.54) is 16.7 Å². The van der Waals surface area contributed by atoms with Crippen molar-refractivity contribution < 1.29 is 19.1 Å². The highest BCUT2D eigenvalue weighted by Crippen LogP contribution is 2.40. The number of rotatable bonds is 6. The number of carbonyl (C=O) groups is 3. The molecule has 1 atom stereocenters. The Kier molecular flexibility index (Phi) is 6.99. The fraction of sp³-hybridized carbons (Fsp3) is 0.375. The molecule has 1 saturated heterocycles. The first-order chi connectivity index (χ1) is 15.6. The van der Waals surface area contributed by atoms with Crippen molar-refractivity contribution in [2.75, 3.05) is 36.5 Å². The van der Waals surface area contributed by atoms with Gasteiger partial charge in [-0.15, -0.1) is 11.8 Å². The van der Waals surface area contributed by atoms with Crippen LogP contribution in [0.1, 0.15) is 26.2 Å². The highest BCUT2D eigenvalue weighted by atomic mass is 32.2. The molecule has 32 heavy (non-hydrogen) atoms. The van der Waals surface area contributed by atoms with Crippen molar-refractivity contribution in [1.82, 2.24) is 4.90 Å². The third-order valence-corrected chi connectivity index (χ3v) is 6.77. The molecule has 4 rings (SSSR count). The first-order valence-corrected chi connectivity index (χ1v) is 11.8. The number of hydrogen-bond acceptors (Lipinski definition) is 5. The molecule has 0 radical (unpaired) electrons. The molecule has 2 aromatic carbocycles. The molecule has 8 heteroatoms. The average Bonchev–Trinajstić information content (AvgIpc) is 2.82. The summed E-state index contributed by atoms with van der Waals surface area (Å²) in [5, 5.41) is 1.97. The number of piperidine rings is 1. The maximum Gasteiger partial charge on any atom is 0.250 e. The summed E-state index contributed by atoms with van der Waals surface area (Å²) in [6.45, 7) is 3.68. The van der Waals surface area contributed by atoms with Gasteiger partial charge in [-0.2, -0.15) is 0 Å². The molecule has 0 bridgehead atoms. The Morgan fingerprint density at radius 2 is 1.78 bits per heavy atom. The Bertz CT molecular complexity index is 989. The number of nitrogens with zero attached hydrogens (tertiary/aromatic N) is 2. The Labute approximate surface area is 192 Å². The van der Waals surface area contributed by atoms with Crippen molar-refractivity contribution in [3.8, 4) is 5.75 Å². The number of carbonyl (C=O) groups excluding carboxylic acids is 3.